The van der Waals surface area contributed by atoms with Gasteiger partial charge in [-0.1, -0.05) is 74.6 Å². The Morgan fingerprint density at radius 2 is 1.67 bits per heavy atom. The summed E-state index contributed by atoms with van der Waals surface area (Å²) in [5.41, 5.74) is 2.55. The van der Waals surface area contributed by atoms with E-state index in [4.69, 9.17) is 4.99 Å². The first-order valence-electron chi connectivity index (χ1n) is 13.8. The van der Waals surface area contributed by atoms with Crippen molar-refractivity contribution in [2.75, 3.05) is 26.2 Å². The van der Waals surface area contributed by atoms with Crippen molar-refractivity contribution in [1.29, 1.82) is 0 Å². The van der Waals surface area contributed by atoms with E-state index in [-0.39, 0.29) is 5.91 Å². The standard InChI is InChI=1S/C30H40N4O2/c35-28-14-11-25(12-15-28)20-27-22-34-26(19-24-9-5-2-6-10-24)21-32-30(34)33(27)18-17-31-29(36)16-13-23-7-3-1-4-8-23/h2,5-6,9-12,14-15,23,26-27,35H,1,3-4,7-8,13,16-22H2,(H,31,36)/t26-,27-/m1/s1. The van der Waals surface area contributed by atoms with Crippen molar-refractivity contribution >= 4 is 11.9 Å². The van der Waals surface area contributed by atoms with Crippen LogP contribution >= 0.6 is 0 Å². The molecule has 6 nitrogen and oxygen atoms in total. The summed E-state index contributed by atoms with van der Waals surface area (Å²) in [6.07, 6.45) is 10.2. The second kappa shape index (κ2) is 11.8. The Kier molecular flexibility index (Phi) is 8.09. The molecule has 2 heterocycles. The van der Waals surface area contributed by atoms with Crippen LogP contribution in [-0.4, -0.2) is 65.0 Å². The third-order valence-electron chi connectivity index (χ3n) is 8.15. The lowest BCUT2D eigenvalue weighted by Gasteiger charge is -2.26. The third-order valence-corrected chi connectivity index (χ3v) is 8.15. The van der Waals surface area contributed by atoms with E-state index in [9.17, 15) is 9.90 Å². The van der Waals surface area contributed by atoms with Gasteiger partial charge in [0.2, 0.25) is 5.91 Å². The zero-order valence-electron chi connectivity index (χ0n) is 21.3. The lowest BCUT2D eigenvalue weighted by atomic mass is 9.86. The van der Waals surface area contributed by atoms with Crippen LogP contribution in [0.4, 0.5) is 0 Å². The Morgan fingerprint density at radius 1 is 0.944 bits per heavy atom. The molecular formula is C30H40N4O2. The average Bonchev–Trinajstić information content (AvgIpc) is 3.45. The van der Waals surface area contributed by atoms with E-state index in [2.05, 4.69) is 45.4 Å². The summed E-state index contributed by atoms with van der Waals surface area (Å²) in [6.45, 7) is 3.17. The first kappa shape index (κ1) is 24.7. The van der Waals surface area contributed by atoms with Crippen LogP contribution in [0.1, 0.15) is 56.1 Å². The number of aliphatic imine (C=N–C) groups is 1. The number of fused-ring (bicyclic) bond motifs is 1. The maximum absolute atomic E-state index is 12.6. The number of nitrogens with one attached hydrogen (secondary N) is 1. The van der Waals surface area contributed by atoms with Crippen LogP contribution in [-0.2, 0) is 17.6 Å². The number of hydrogen-bond donors (Lipinski definition) is 2. The maximum Gasteiger partial charge on any atom is 0.220 e. The highest BCUT2D eigenvalue weighted by molar-refractivity contribution is 5.85. The van der Waals surface area contributed by atoms with Crippen molar-refractivity contribution in [2.24, 2.45) is 10.9 Å². The van der Waals surface area contributed by atoms with Gasteiger partial charge >= 0.3 is 0 Å². The molecule has 3 aliphatic rings. The van der Waals surface area contributed by atoms with Crippen LogP contribution in [0.5, 0.6) is 5.75 Å². The van der Waals surface area contributed by atoms with E-state index >= 15 is 0 Å². The molecule has 0 aromatic heterocycles. The summed E-state index contributed by atoms with van der Waals surface area (Å²) in [5.74, 6) is 2.30. The minimum atomic E-state index is 0.182. The molecule has 2 N–H and O–H groups in total. The lowest BCUT2D eigenvalue weighted by Crippen LogP contribution is -2.42. The fourth-order valence-electron chi connectivity index (χ4n) is 6.15. The van der Waals surface area contributed by atoms with Gasteiger partial charge in [0.1, 0.15) is 5.75 Å². The molecule has 5 rings (SSSR count). The summed E-state index contributed by atoms with van der Waals surface area (Å²) in [7, 11) is 0. The Morgan fingerprint density at radius 3 is 2.44 bits per heavy atom. The number of nitrogens with zero attached hydrogens (tertiary/aromatic N) is 3. The SMILES string of the molecule is O=C(CCC1CCCCC1)NCCN1C2=NC[C@@H](Cc3ccccc3)N2C[C@H]1Cc1ccc(O)cc1. The zero-order valence-corrected chi connectivity index (χ0v) is 21.3. The molecule has 2 atom stereocenters. The fourth-order valence-corrected chi connectivity index (χ4v) is 6.15. The highest BCUT2D eigenvalue weighted by atomic mass is 16.3. The summed E-state index contributed by atoms with van der Waals surface area (Å²) < 4.78 is 0. The van der Waals surface area contributed by atoms with Crippen molar-refractivity contribution in [1.82, 2.24) is 15.1 Å². The zero-order chi connectivity index (χ0) is 24.7. The van der Waals surface area contributed by atoms with Crippen molar-refractivity contribution in [2.45, 2.75) is 69.9 Å². The number of phenols is 1. The van der Waals surface area contributed by atoms with Crippen molar-refractivity contribution in [3.63, 3.8) is 0 Å². The van der Waals surface area contributed by atoms with Gasteiger partial charge in [-0.2, -0.15) is 0 Å². The van der Waals surface area contributed by atoms with Crippen LogP contribution in [0.2, 0.25) is 0 Å². The minimum Gasteiger partial charge on any atom is -0.508 e. The van der Waals surface area contributed by atoms with Crippen LogP contribution in [0, 0.1) is 5.92 Å². The van der Waals surface area contributed by atoms with E-state index in [1.54, 1.807) is 12.1 Å². The number of carbonyl (C=O) groups excluding carboxylic acids is 1. The number of hydrogen-bond acceptors (Lipinski definition) is 5. The molecule has 0 radical (unpaired) electrons. The first-order chi connectivity index (χ1) is 17.7. The number of aromatic hydroxyl groups is 1. The molecule has 1 saturated carbocycles. The van der Waals surface area contributed by atoms with Gasteiger partial charge < -0.3 is 20.2 Å². The Balaban J connectivity index is 1.19. The van der Waals surface area contributed by atoms with Crippen LogP contribution in [0.15, 0.2) is 59.6 Å². The first-order valence-corrected chi connectivity index (χ1v) is 13.8. The van der Waals surface area contributed by atoms with Crippen molar-refractivity contribution in [3.05, 3.63) is 65.7 Å². The van der Waals surface area contributed by atoms with Gasteiger partial charge in [-0.15, -0.1) is 0 Å². The summed E-state index contributed by atoms with van der Waals surface area (Å²) >= 11 is 0. The van der Waals surface area contributed by atoms with Gasteiger partial charge in [-0.3, -0.25) is 9.79 Å². The largest absolute Gasteiger partial charge is 0.508 e. The predicted octanol–water partition coefficient (Wildman–Crippen LogP) is 4.38. The number of phenolic OH excluding ortho intramolecular Hbond substituents is 1. The molecule has 1 saturated heterocycles. The van der Waals surface area contributed by atoms with Gasteiger partial charge in [0.15, 0.2) is 5.96 Å². The highest BCUT2D eigenvalue weighted by Crippen LogP contribution is 2.29. The van der Waals surface area contributed by atoms with Gasteiger partial charge in [-0.25, -0.2) is 0 Å². The van der Waals surface area contributed by atoms with Gasteiger partial charge in [-0.05, 0) is 48.4 Å². The Labute approximate surface area is 215 Å². The molecular weight excluding hydrogens is 448 g/mol. The van der Waals surface area contributed by atoms with Crippen LogP contribution < -0.4 is 5.32 Å². The molecule has 2 aromatic rings. The molecule has 0 unspecified atom stereocenters. The van der Waals surface area contributed by atoms with Gasteiger partial charge in [0.25, 0.3) is 0 Å². The van der Waals surface area contributed by atoms with Crippen LogP contribution in [0.25, 0.3) is 0 Å². The van der Waals surface area contributed by atoms with Gasteiger partial charge in [0.05, 0.1) is 18.6 Å². The summed E-state index contributed by atoms with van der Waals surface area (Å²) in [5, 5.41) is 12.9. The molecule has 2 fully saturated rings. The second-order valence-electron chi connectivity index (χ2n) is 10.7. The molecule has 6 heteroatoms. The van der Waals surface area contributed by atoms with Crippen molar-refractivity contribution < 1.29 is 9.90 Å². The third kappa shape index (κ3) is 6.21. The predicted molar refractivity (Wildman–Crippen MR) is 144 cm³/mol. The molecule has 0 spiro atoms. The van der Waals surface area contributed by atoms with Crippen LogP contribution in [0.3, 0.4) is 0 Å². The van der Waals surface area contributed by atoms with Gasteiger partial charge in [0, 0.05) is 26.1 Å². The van der Waals surface area contributed by atoms with E-state index in [1.165, 1.54) is 43.2 Å². The second-order valence-corrected chi connectivity index (χ2v) is 10.7. The van der Waals surface area contributed by atoms with E-state index in [1.807, 2.05) is 12.1 Å². The Bertz CT molecular complexity index is 1020. The molecule has 0 bridgehead atoms. The molecule has 2 aliphatic heterocycles. The van der Waals surface area contributed by atoms with Crippen molar-refractivity contribution in [3.8, 4) is 5.75 Å². The average molecular weight is 489 g/mol. The summed E-state index contributed by atoms with van der Waals surface area (Å²) in [6, 6.07) is 18.9. The molecule has 36 heavy (non-hydrogen) atoms. The number of amides is 1. The topological polar surface area (TPSA) is 68.2 Å². The molecule has 2 aromatic carbocycles. The number of carbonyl (C=O) groups is 1. The smallest absolute Gasteiger partial charge is 0.220 e. The minimum absolute atomic E-state index is 0.182. The highest BCUT2D eigenvalue weighted by Gasteiger charge is 2.41. The number of guanidine groups is 1. The quantitative estimate of drug-likeness (QED) is 0.521. The molecule has 1 aliphatic carbocycles. The maximum atomic E-state index is 12.6. The Hall–Kier alpha value is -3.02. The van der Waals surface area contributed by atoms with E-state index in [0.29, 0.717) is 30.8 Å². The lowest BCUT2D eigenvalue weighted by molar-refractivity contribution is -0.121. The number of rotatable bonds is 10. The van der Waals surface area contributed by atoms with E-state index < -0.39 is 0 Å². The normalized spacial score (nSPS) is 21.9. The number of benzene rings is 2. The van der Waals surface area contributed by atoms with E-state index in [0.717, 1.165) is 50.8 Å². The monoisotopic (exact) mass is 488 g/mol. The summed E-state index contributed by atoms with van der Waals surface area (Å²) in [4.78, 5) is 22.4. The molecule has 1 amide bonds. The fraction of sp³-hybridized carbons (Fsp3) is 0.533. The molecule has 192 valence electrons.